The van der Waals surface area contributed by atoms with E-state index in [1.165, 1.54) is 5.56 Å². The Labute approximate surface area is 185 Å². The number of nitrogens with zero attached hydrogens (tertiary/aromatic N) is 2. The maximum Gasteiger partial charge on any atom is 0.213 e. The SMILES string of the molecule is CCCOc1ccc(CNC(=NC)NCCc2ccc(C)c(OC)c2)cn1.I. The summed E-state index contributed by atoms with van der Waals surface area (Å²) in [6.07, 6.45) is 3.69. The van der Waals surface area contributed by atoms with Crippen LogP contribution in [-0.4, -0.2) is 38.3 Å². The molecule has 2 N–H and O–H groups in total. The lowest BCUT2D eigenvalue weighted by atomic mass is 10.1. The molecular formula is C21H31IN4O2. The predicted octanol–water partition coefficient (Wildman–Crippen LogP) is 3.71. The summed E-state index contributed by atoms with van der Waals surface area (Å²) in [5.41, 5.74) is 3.45. The van der Waals surface area contributed by atoms with Gasteiger partial charge in [-0.05, 0) is 42.5 Å². The van der Waals surface area contributed by atoms with Crippen LogP contribution in [0.25, 0.3) is 0 Å². The molecule has 1 aromatic carbocycles. The molecule has 0 saturated carbocycles. The first-order valence-electron chi connectivity index (χ1n) is 9.32. The van der Waals surface area contributed by atoms with Gasteiger partial charge >= 0.3 is 0 Å². The average Bonchev–Trinajstić information content (AvgIpc) is 2.70. The molecule has 0 fully saturated rings. The van der Waals surface area contributed by atoms with Gasteiger partial charge < -0.3 is 20.1 Å². The van der Waals surface area contributed by atoms with Crippen LogP contribution in [-0.2, 0) is 13.0 Å². The van der Waals surface area contributed by atoms with Gasteiger partial charge in [0.1, 0.15) is 5.75 Å². The zero-order valence-corrected chi connectivity index (χ0v) is 19.4. The summed E-state index contributed by atoms with van der Waals surface area (Å²) in [6, 6.07) is 10.2. The van der Waals surface area contributed by atoms with Gasteiger partial charge in [0, 0.05) is 32.4 Å². The van der Waals surface area contributed by atoms with Gasteiger partial charge in [-0.3, -0.25) is 4.99 Å². The second-order valence-corrected chi connectivity index (χ2v) is 6.26. The Hall–Kier alpha value is -2.03. The van der Waals surface area contributed by atoms with Crippen LogP contribution in [0.3, 0.4) is 0 Å². The molecule has 2 aromatic rings. The van der Waals surface area contributed by atoms with Gasteiger partial charge in [0.05, 0.1) is 13.7 Å². The zero-order chi connectivity index (χ0) is 19.5. The molecule has 0 bridgehead atoms. The Morgan fingerprint density at radius 1 is 1.14 bits per heavy atom. The summed E-state index contributed by atoms with van der Waals surface area (Å²) in [4.78, 5) is 8.58. The van der Waals surface area contributed by atoms with Crippen LogP contribution in [0.1, 0.15) is 30.0 Å². The van der Waals surface area contributed by atoms with Gasteiger partial charge in [0.15, 0.2) is 5.96 Å². The Kier molecular flexibility index (Phi) is 11.3. The third-order valence-electron chi connectivity index (χ3n) is 4.11. The first-order chi connectivity index (χ1) is 13.2. The van der Waals surface area contributed by atoms with Crippen molar-refractivity contribution in [3.05, 3.63) is 53.2 Å². The lowest BCUT2D eigenvalue weighted by Gasteiger charge is -2.13. The van der Waals surface area contributed by atoms with Gasteiger partial charge in [-0.25, -0.2) is 4.98 Å². The summed E-state index contributed by atoms with van der Waals surface area (Å²) in [6.45, 7) is 6.25. The van der Waals surface area contributed by atoms with E-state index in [-0.39, 0.29) is 24.0 Å². The largest absolute Gasteiger partial charge is 0.496 e. The predicted molar refractivity (Wildman–Crippen MR) is 125 cm³/mol. The number of ether oxygens (including phenoxy) is 2. The van der Waals surface area contributed by atoms with Crippen LogP contribution in [0.2, 0.25) is 0 Å². The second kappa shape index (κ2) is 13.2. The van der Waals surface area contributed by atoms with E-state index in [2.05, 4.69) is 45.7 Å². The number of aryl methyl sites for hydroxylation is 1. The number of benzene rings is 1. The molecule has 0 amide bonds. The van der Waals surface area contributed by atoms with Gasteiger partial charge in [-0.2, -0.15) is 0 Å². The number of pyridine rings is 1. The van der Waals surface area contributed by atoms with Crippen molar-refractivity contribution in [1.29, 1.82) is 0 Å². The molecule has 0 aliphatic rings. The van der Waals surface area contributed by atoms with Gasteiger partial charge in [-0.15, -0.1) is 24.0 Å². The van der Waals surface area contributed by atoms with Crippen LogP contribution in [0.5, 0.6) is 11.6 Å². The Morgan fingerprint density at radius 2 is 1.93 bits per heavy atom. The maximum atomic E-state index is 5.50. The Bertz CT molecular complexity index is 736. The molecule has 7 heteroatoms. The lowest BCUT2D eigenvalue weighted by Crippen LogP contribution is -2.37. The van der Waals surface area contributed by atoms with E-state index in [9.17, 15) is 0 Å². The smallest absolute Gasteiger partial charge is 0.213 e. The van der Waals surface area contributed by atoms with Gasteiger partial charge in [-0.1, -0.05) is 25.1 Å². The van der Waals surface area contributed by atoms with Crippen molar-refractivity contribution < 1.29 is 9.47 Å². The maximum absolute atomic E-state index is 5.50. The molecule has 1 heterocycles. The van der Waals surface area contributed by atoms with E-state index >= 15 is 0 Å². The van der Waals surface area contributed by atoms with Gasteiger partial charge in [0.25, 0.3) is 0 Å². The summed E-state index contributed by atoms with van der Waals surface area (Å²) < 4.78 is 10.9. The first-order valence-corrected chi connectivity index (χ1v) is 9.32. The Balaban J connectivity index is 0.00000392. The summed E-state index contributed by atoms with van der Waals surface area (Å²) in [5, 5.41) is 6.63. The van der Waals surface area contributed by atoms with E-state index in [0.29, 0.717) is 19.0 Å². The molecule has 0 radical (unpaired) electrons. The molecule has 1 aromatic heterocycles. The summed E-state index contributed by atoms with van der Waals surface area (Å²) in [5.74, 6) is 2.35. The second-order valence-electron chi connectivity index (χ2n) is 6.26. The molecule has 6 nitrogen and oxygen atoms in total. The highest BCUT2D eigenvalue weighted by Gasteiger charge is 2.03. The highest BCUT2D eigenvalue weighted by molar-refractivity contribution is 14.0. The van der Waals surface area contributed by atoms with Crippen molar-refractivity contribution in [2.45, 2.75) is 33.2 Å². The van der Waals surface area contributed by atoms with E-state index in [1.54, 1.807) is 14.2 Å². The minimum Gasteiger partial charge on any atom is -0.496 e. The van der Waals surface area contributed by atoms with Crippen LogP contribution in [0.15, 0.2) is 41.5 Å². The molecule has 2 rings (SSSR count). The normalized spacial score (nSPS) is 10.8. The zero-order valence-electron chi connectivity index (χ0n) is 17.1. The molecule has 0 atom stereocenters. The van der Waals surface area contributed by atoms with E-state index in [4.69, 9.17) is 9.47 Å². The number of aromatic nitrogens is 1. The molecule has 0 aliphatic heterocycles. The minimum atomic E-state index is 0. The van der Waals surface area contributed by atoms with E-state index in [1.807, 2.05) is 25.3 Å². The fourth-order valence-electron chi connectivity index (χ4n) is 2.56. The van der Waals surface area contributed by atoms with Crippen LogP contribution >= 0.6 is 24.0 Å². The number of hydrogen-bond acceptors (Lipinski definition) is 4. The third-order valence-corrected chi connectivity index (χ3v) is 4.11. The van der Waals surface area contributed by atoms with Crippen LogP contribution in [0, 0.1) is 6.92 Å². The highest BCUT2D eigenvalue weighted by Crippen LogP contribution is 2.19. The van der Waals surface area contributed by atoms with Crippen molar-refractivity contribution >= 4 is 29.9 Å². The first kappa shape index (κ1) is 24.0. The van der Waals surface area contributed by atoms with Crippen molar-refractivity contribution in [3.63, 3.8) is 0 Å². The van der Waals surface area contributed by atoms with Crippen molar-refractivity contribution in [3.8, 4) is 11.6 Å². The quantitative estimate of drug-likeness (QED) is 0.314. The monoisotopic (exact) mass is 498 g/mol. The molecule has 28 heavy (non-hydrogen) atoms. The molecular weight excluding hydrogens is 467 g/mol. The minimum absolute atomic E-state index is 0. The average molecular weight is 498 g/mol. The number of nitrogens with one attached hydrogen (secondary N) is 2. The van der Waals surface area contributed by atoms with E-state index in [0.717, 1.165) is 42.2 Å². The lowest BCUT2D eigenvalue weighted by molar-refractivity contribution is 0.305. The number of rotatable bonds is 9. The van der Waals surface area contributed by atoms with Crippen molar-refractivity contribution in [2.24, 2.45) is 4.99 Å². The molecule has 0 aliphatic carbocycles. The molecule has 0 unspecified atom stereocenters. The number of methoxy groups -OCH3 is 1. The summed E-state index contributed by atoms with van der Waals surface area (Å²) in [7, 11) is 3.47. The van der Waals surface area contributed by atoms with E-state index < -0.39 is 0 Å². The standard InChI is InChI=1S/C21H30N4O2.HI/c1-5-12-27-20-9-8-18(14-24-20)15-25-21(22-3)23-11-10-17-7-6-16(2)19(13-17)26-4;/h6-9,13-14H,5,10-12,15H2,1-4H3,(H2,22,23,25);1H. The summed E-state index contributed by atoms with van der Waals surface area (Å²) >= 11 is 0. The Morgan fingerprint density at radius 3 is 2.57 bits per heavy atom. The number of halogens is 1. The molecule has 0 saturated heterocycles. The van der Waals surface area contributed by atoms with Crippen molar-refractivity contribution in [2.75, 3.05) is 27.3 Å². The molecule has 0 spiro atoms. The fraction of sp³-hybridized carbons (Fsp3) is 0.429. The third kappa shape index (κ3) is 7.92. The number of hydrogen-bond donors (Lipinski definition) is 2. The number of guanidine groups is 1. The number of aliphatic imine (C=N–C) groups is 1. The fourth-order valence-corrected chi connectivity index (χ4v) is 2.56. The highest BCUT2D eigenvalue weighted by atomic mass is 127. The van der Waals surface area contributed by atoms with Crippen LogP contribution < -0.4 is 20.1 Å². The van der Waals surface area contributed by atoms with Crippen molar-refractivity contribution in [1.82, 2.24) is 15.6 Å². The van der Waals surface area contributed by atoms with Crippen LogP contribution in [0.4, 0.5) is 0 Å². The van der Waals surface area contributed by atoms with Gasteiger partial charge in [0.2, 0.25) is 5.88 Å². The topological polar surface area (TPSA) is 67.8 Å². The molecule has 154 valence electrons.